The fraction of sp³-hybridized carbons (Fsp3) is 0.300. The van der Waals surface area contributed by atoms with Crippen LogP contribution < -0.4 is 10.1 Å². The van der Waals surface area contributed by atoms with Crippen molar-refractivity contribution in [3.05, 3.63) is 48.5 Å². The number of alkyl halides is 2. The Kier molecular flexibility index (Phi) is 6.51. The summed E-state index contributed by atoms with van der Waals surface area (Å²) in [5, 5.41) is 2.92. The number of carbonyl (C=O) groups is 1. The molecule has 0 spiro atoms. The zero-order chi connectivity index (χ0) is 20.1. The van der Waals surface area contributed by atoms with Crippen LogP contribution in [0.2, 0.25) is 0 Å². The summed E-state index contributed by atoms with van der Waals surface area (Å²) in [5.41, 5.74) is 1.74. The molecule has 0 unspecified atom stereocenters. The van der Waals surface area contributed by atoms with Gasteiger partial charge in [0.2, 0.25) is 5.91 Å². The second kappa shape index (κ2) is 9.05. The van der Waals surface area contributed by atoms with Crippen LogP contribution in [0.1, 0.15) is 13.8 Å². The summed E-state index contributed by atoms with van der Waals surface area (Å²) in [6.07, 6.45) is 0. The lowest BCUT2D eigenvalue weighted by Crippen LogP contribution is -2.20. The average molecular weight is 405 g/mol. The molecule has 8 heteroatoms. The lowest BCUT2D eigenvalue weighted by atomic mass is 10.2. The Bertz CT molecular complexity index is 960. The summed E-state index contributed by atoms with van der Waals surface area (Å²) in [4.78, 5) is 16.9. The highest BCUT2D eigenvalue weighted by Gasteiger charge is 2.18. The fourth-order valence-electron chi connectivity index (χ4n) is 2.66. The van der Waals surface area contributed by atoms with Gasteiger partial charge in [0, 0.05) is 0 Å². The van der Waals surface area contributed by atoms with E-state index in [1.54, 1.807) is 42.5 Å². The summed E-state index contributed by atoms with van der Waals surface area (Å²) in [6, 6.07) is 14.2. The first-order chi connectivity index (χ1) is 13.4. The normalized spacial score (nSPS) is 11.4. The van der Waals surface area contributed by atoms with Crippen molar-refractivity contribution in [2.24, 2.45) is 5.92 Å². The van der Waals surface area contributed by atoms with Crippen LogP contribution in [0.15, 0.2) is 53.7 Å². The van der Waals surface area contributed by atoms with Gasteiger partial charge in [-0.2, -0.15) is 8.78 Å². The summed E-state index contributed by atoms with van der Waals surface area (Å²) in [5.74, 6) is -2.05. The van der Waals surface area contributed by atoms with Crippen LogP contribution in [0.5, 0.6) is 5.75 Å². The molecule has 1 N–H and O–H groups in total. The fourth-order valence-corrected chi connectivity index (χ4v) is 3.26. The second-order valence-corrected chi connectivity index (χ2v) is 7.55. The van der Waals surface area contributed by atoms with Crippen molar-refractivity contribution in [3.63, 3.8) is 0 Å². The number of hydrogen-bond acceptors (Lipinski definition) is 4. The number of carbonyl (C=O) groups excluding carboxylic acids is 1. The van der Waals surface area contributed by atoms with Crippen LogP contribution in [0.4, 0.5) is 14.5 Å². The van der Waals surface area contributed by atoms with E-state index in [4.69, 9.17) is 4.74 Å². The molecule has 0 aliphatic carbocycles. The summed E-state index contributed by atoms with van der Waals surface area (Å²) in [7, 11) is 0. The topological polar surface area (TPSA) is 56.1 Å². The van der Waals surface area contributed by atoms with Crippen LogP contribution in [0.25, 0.3) is 11.0 Å². The van der Waals surface area contributed by atoms with Gasteiger partial charge < -0.3 is 14.6 Å². The number of nitrogens with zero attached hydrogens (tertiary/aromatic N) is 2. The zero-order valence-electron chi connectivity index (χ0n) is 15.6. The molecule has 28 heavy (non-hydrogen) atoms. The Hall–Kier alpha value is -2.61. The van der Waals surface area contributed by atoms with Crippen molar-refractivity contribution in [2.75, 3.05) is 11.9 Å². The lowest BCUT2D eigenvalue weighted by Gasteiger charge is -2.14. The molecule has 0 saturated carbocycles. The predicted octanol–water partition coefficient (Wildman–Crippen LogP) is 5.02. The third-order valence-corrected chi connectivity index (χ3v) is 4.55. The minimum Gasteiger partial charge on any atom is -0.491 e. The minimum atomic E-state index is -2.62. The van der Waals surface area contributed by atoms with Gasteiger partial charge in [0.25, 0.3) is 5.76 Å². The van der Waals surface area contributed by atoms with E-state index in [2.05, 4.69) is 10.3 Å². The molecule has 0 bridgehead atoms. The van der Waals surface area contributed by atoms with Gasteiger partial charge >= 0.3 is 0 Å². The van der Waals surface area contributed by atoms with E-state index >= 15 is 0 Å². The highest BCUT2D eigenvalue weighted by molar-refractivity contribution is 7.99. The second-order valence-electron chi connectivity index (χ2n) is 6.60. The number of hydrogen-bond donors (Lipinski definition) is 1. The van der Waals surface area contributed by atoms with Crippen molar-refractivity contribution in [2.45, 2.75) is 31.3 Å². The molecule has 0 saturated heterocycles. The average Bonchev–Trinajstić information content (AvgIpc) is 2.97. The van der Waals surface area contributed by atoms with Gasteiger partial charge in [-0.05, 0) is 41.9 Å². The highest BCUT2D eigenvalue weighted by atomic mass is 32.2. The van der Waals surface area contributed by atoms with Crippen LogP contribution in [-0.4, -0.2) is 27.8 Å². The molecule has 0 aliphatic rings. The number of ether oxygens (including phenoxy) is 1. The van der Waals surface area contributed by atoms with Crippen LogP contribution in [0, 0.1) is 5.92 Å². The maximum absolute atomic E-state index is 12.9. The first-order valence-electron chi connectivity index (χ1n) is 8.86. The number of benzene rings is 2. The lowest BCUT2D eigenvalue weighted by molar-refractivity contribution is -0.116. The third kappa shape index (κ3) is 5.01. The van der Waals surface area contributed by atoms with E-state index in [1.807, 2.05) is 19.9 Å². The van der Waals surface area contributed by atoms with Crippen molar-refractivity contribution >= 4 is 34.4 Å². The number of para-hydroxylation sites is 4. The van der Waals surface area contributed by atoms with Crippen molar-refractivity contribution < 1.29 is 18.3 Å². The molecule has 1 heterocycles. The largest absolute Gasteiger partial charge is 0.491 e. The first kappa shape index (κ1) is 20.1. The number of rotatable bonds is 8. The number of thioether (sulfide) groups is 1. The molecule has 0 fully saturated rings. The molecule has 148 valence electrons. The Morgan fingerprint density at radius 1 is 1.18 bits per heavy atom. The molecule has 5 nitrogen and oxygen atoms in total. The minimum absolute atomic E-state index is 0.107. The quantitative estimate of drug-likeness (QED) is 0.535. The molecular formula is C20H21F2N3O2S. The zero-order valence-corrected chi connectivity index (χ0v) is 16.4. The predicted molar refractivity (Wildman–Crippen MR) is 107 cm³/mol. The summed E-state index contributed by atoms with van der Waals surface area (Å²) in [6.45, 7) is 4.46. The number of anilines is 1. The van der Waals surface area contributed by atoms with Gasteiger partial charge in [-0.3, -0.25) is 4.79 Å². The number of amides is 1. The maximum atomic E-state index is 12.9. The van der Waals surface area contributed by atoms with E-state index in [0.29, 0.717) is 46.8 Å². The smallest absolute Gasteiger partial charge is 0.291 e. The van der Waals surface area contributed by atoms with E-state index < -0.39 is 5.76 Å². The number of nitrogens with one attached hydrogen (secondary N) is 1. The molecular weight excluding hydrogens is 384 g/mol. The number of aromatic nitrogens is 2. The molecule has 2 aromatic carbocycles. The van der Waals surface area contributed by atoms with Gasteiger partial charge in [-0.15, -0.1) is 0 Å². The van der Waals surface area contributed by atoms with Gasteiger partial charge in [0.15, 0.2) is 5.16 Å². The van der Waals surface area contributed by atoms with Crippen molar-refractivity contribution in [1.82, 2.24) is 9.55 Å². The van der Waals surface area contributed by atoms with Crippen molar-refractivity contribution in [1.29, 1.82) is 0 Å². The standard InChI is InChI=1S/C20H21F2N3O2S/c1-13(2)12-27-17-10-6-4-8-15(17)23-18(26)11-25-16-9-5-3-7-14(16)24-20(25)28-19(21)22/h3-10,13,19H,11-12H2,1-2H3,(H,23,26). The van der Waals surface area contributed by atoms with Crippen LogP contribution >= 0.6 is 11.8 Å². The highest BCUT2D eigenvalue weighted by Crippen LogP contribution is 2.29. The van der Waals surface area contributed by atoms with E-state index in [9.17, 15) is 13.6 Å². The molecule has 0 atom stereocenters. The van der Waals surface area contributed by atoms with Crippen LogP contribution in [0.3, 0.4) is 0 Å². The SMILES string of the molecule is CC(C)COc1ccccc1NC(=O)Cn1c(SC(F)F)nc2ccccc21. The van der Waals surface area contributed by atoms with E-state index in [0.717, 1.165) is 0 Å². The van der Waals surface area contributed by atoms with E-state index in [1.165, 1.54) is 4.57 Å². The Morgan fingerprint density at radius 2 is 1.89 bits per heavy atom. The van der Waals surface area contributed by atoms with Crippen LogP contribution in [-0.2, 0) is 11.3 Å². The monoisotopic (exact) mass is 405 g/mol. The molecule has 3 rings (SSSR count). The molecule has 3 aromatic rings. The van der Waals surface area contributed by atoms with Gasteiger partial charge in [0.05, 0.1) is 23.3 Å². The summed E-state index contributed by atoms with van der Waals surface area (Å²) < 4.78 is 33.1. The third-order valence-electron chi connectivity index (χ3n) is 3.85. The van der Waals surface area contributed by atoms with Crippen molar-refractivity contribution in [3.8, 4) is 5.75 Å². The molecule has 1 amide bonds. The Balaban J connectivity index is 1.80. The Labute approximate surface area is 166 Å². The molecule has 0 radical (unpaired) electrons. The first-order valence-corrected chi connectivity index (χ1v) is 9.73. The Morgan fingerprint density at radius 3 is 2.64 bits per heavy atom. The molecule has 1 aromatic heterocycles. The number of halogens is 2. The maximum Gasteiger partial charge on any atom is 0.291 e. The van der Waals surface area contributed by atoms with E-state index in [-0.39, 0.29) is 17.6 Å². The van der Waals surface area contributed by atoms with Gasteiger partial charge in [-0.25, -0.2) is 4.98 Å². The summed E-state index contributed by atoms with van der Waals surface area (Å²) >= 11 is 0.327. The number of imidazole rings is 1. The van der Waals surface area contributed by atoms with Gasteiger partial charge in [0.1, 0.15) is 12.3 Å². The molecule has 0 aliphatic heterocycles. The number of fused-ring (bicyclic) bond motifs is 1. The van der Waals surface area contributed by atoms with Gasteiger partial charge in [-0.1, -0.05) is 38.1 Å².